The number of hydrogen-bond acceptors (Lipinski definition) is 1. The number of aromatic nitrogens is 3. The molecule has 0 saturated heterocycles. The monoisotopic (exact) mass is 446 g/mol. The van der Waals surface area contributed by atoms with Crippen LogP contribution in [0, 0.1) is 27.7 Å². The topological polar surface area (TPSA) is 21.7 Å². The molecule has 2 heterocycles. The van der Waals surface area contributed by atoms with Crippen molar-refractivity contribution in [1.29, 1.82) is 0 Å². The molecule has 2 aromatic heterocycles. The van der Waals surface area contributed by atoms with Crippen LogP contribution in [-0.2, 0) is 13.5 Å². The molecule has 6 rings (SSSR count). The summed E-state index contributed by atoms with van der Waals surface area (Å²) in [6.45, 7) is 8.70. The van der Waals surface area contributed by atoms with Crippen LogP contribution in [0.5, 0.6) is 0 Å². The molecule has 0 aliphatic heterocycles. The summed E-state index contributed by atoms with van der Waals surface area (Å²) in [6.07, 6.45) is 0.892. The second-order valence-corrected chi connectivity index (χ2v) is 9.40. The Morgan fingerprint density at radius 1 is 0.765 bits per heavy atom. The summed E-state index contributed by atoms with van der Waals surface area (Å²) >= 11 is 0. The molecule has 3 heteroatoms. The van der Waals surface area contributed by atoms with E-state index in [1.165, 1.54) is 67.2 Å². The molecule has 170 valence electrons. The van der Waals surface area contributed by atoms with Crippen molar-refractivity contribution in [1.82, 2.24) is 9.55 Å². The highest BCUT2D eigenvalue weighted by Gasteiger charge is 2.31. The van der Waals surface area contributed by atoms with Crippen molar-refractivity contribution < 1.29 is 4.57 Å². The molecule has 3 aromatic carbocycles. The normalized spacial score (nSPS) is 11.9. The molecule has 0 spiro atoms. The third kappa shape index (κ3) is 3.11. The van der Waals surface area contributed by atoms with Crippen LogP contribution in [0.4, 0.5) is 0 Å². The van der Waals surface area contributed by atoms with Gasteiger partial charge in [-0.2, -0.15) is 4.57 Å². The van der Waals surface area contributed by atoms with E-state index in [4.69, 9.17) is 4.98 Å². The second kappa shape index (κ2) is 7.95. The fourth-order valence-corrected chi connectivity index (χ4v) is 5.52. The second-order valence-electron chi connectivity index (χ2n) is 9.40. The van der Waals surface area contributed by atoms with E-state index in [0.717, 1.165) is 12.1 Å². The van der Waals surface area contributed by atoms with Gasteiger partial charge in [-0.3, -0.25) is 4.98 Å². The Morgan fingerprint density at radius 3 is 2.21 bits per heavy atom. The van der Waals surface area contributed by atoms with Crippen LogP contribution >= 0.6 is 0 Å². The van der Waals surface area contributed by atoms with E-state index in [-0.39, 0.29) is 7.43 Å². The van der Waals surface area contributed by atoms with Gasteiger partial charge in [0, 0.05) is 17.7 Å². The molecule has 5 aromatic rings. The minimum absolute atomic E-state index is 0. The van der Waals surface area contributed by atoms with Crippen LogP contribution < -0.4 is 4.57 Å². The number of rotatable bonds is 2. The fourth-order valence-electron chi connectivity index (χ4n) is 5.52. The van der Waals surface area contributed by atoms with E-state index in [1.54, 1.807) is 0 Å². The molecule has 0 amide bonds. The number of para-hydroxylation sites is 1. The van der Waals surface area contributed by atoms with Crippen molar-refractivity contribution in [3.8, 4) is 28.2 Å². The molecule has 0 atom stereocenters. The van der Waals surface area contributed by atoms with Crippen molar-refractivity contribution in [2.75, 3.05) is 0 Å². The van der Waals surface area contributed by atoms with Crippen LogP contribution in [0.1, 0.15) is 41.1 Å². The maximum atomic E-state index is 4.84. The molecule has 1 aliphatic carbocycles. The number of imidazole rings is 1. The van der Waals surface area contributed by atoms with Gasteiger partial charge in [-0.05, 0) is 79.8 Å². The van der Waals surface area contributed by atoms with Gasteiger partial charge in [0.25, 0.3) is 5.82 Å². The van der Waals surface area contributed by atoms with Crippen molar-refractivity contribution in [3.05, 3.63) is 100 Å². The average molecular weight is 447 g/mol. The number of aryl methyl sites for hydroxylation is 5. The highest BCUT2D eigenvalue weighted by molar-refractivity contribution is 5.89. The molecule has 0 bridgehead atoms. The Balaban J connectivity index is 0.00000241. The molecule has 0 fully saturated rings. The summed E-state index contributed by atoms with van der Waals surface area (Å²) < 4.78 is 4.84. The van der Waals surface area contributed by atoms with E-state index in [2.05, 4.69) is 111 Å². The van der Waals surface area contributed by atoms with Gasteiger partial charge in [0.1, 0.15) is 5.69 Å². The number of benzene rings is 3. The summed E-state index contributed by atoms with van der Waals surface area (Å²) in [5, 5.41) is 0. The summed E-state index contributed by atoms with van der Waals surface area (Å²) in [5.74, 6) is 1.21. The lowest BCUT2D eigenvalue weighted by atomic mass is 10.0. The summed E-state index contributed by atoms with van der Waals surface area (Å²) in [6, 6.07) is 24.4. The molecule has 0 N–H and O–H groups in total. The lowest BCUT2D eigenvalue weighted by Crippen LogP contribution is -2.30. The Bertz CT molecular complexity index is 1570. The summed E-state index contributed by atoms with van der Waals surface area (Å²) in [7, 11) is 2.20. The van der Waals surface area contributed by atoms with Crippen molar-refractivity contribution in [2.45, 2.75) is 41.5 Å². The van der Waals surface area contributed by atoms with Gasteiger partial charge in [0.2, 0.25) is 0 Å². The quantitative estimate of drug-likeness (QED) is 0.264. The van der Waals surface area contributed by atoms with Crippen molar-refractivity contribution in [3.63, 3.8) is 0 Å². The van der Waals surface area contributed by atoms with E-state index < -0.39 is 0 Å². The number of pyridine rings is 1. The molecule has 34 heavy (non-hydrogen) atoms. The number of fused-ring (bicyclic) bond motifs is 4. The van der Waals surface area contributed by atoms with Crippen LogP contribution in [0.25, 0.3) is 39.2 Å². The largest absolute Gasteiger partial charge is 0.295 e. The third-order valence-electron chi connectivity index (χ3n) is 7.14. The van der Waals surface area contributed by atoms with Gasteiger partial charge in [-0.25, -0.2) is 4.57 Å². The number of hydrogen-bond donors (Lipinski definition) is 0. The van der Waals surface area contributed by atoms with Crippen LogP contribution in [0.3, 0.4) is 0 Å². The molecule has 0 radical (unpaired) electrons. The standard InChI is InChI=1S/C30H28N3.CH4/c1-18-9-6-7-12-23(18)30-32(5)27-17-25-22(15-26-24(25)14-13-21(4)31-26)16-28(27)33(30)29-19(2)10-8-11-20(29)3;/h6-14,16-17H,15H2,1-5H3;1H4/q+1;. The first-order valence-corrected chi connectivity index (χ1v) is 11.6. The molecule has 0 saturated carbocycles. The Morgan fingerprint density at radius 2 is 1.47 bits per heavy atom. The van der Waals surface area contributed by atoms with E-state index in [0.29, 0.717) is 0 Å². The van der Waals surface area contributed by atoms with Gasteiger partial charge < -0.3 is 0 Å². The maximum Gasteiger partial charge on any atom is 0.295 e. The Kier molecular flexibility index (Phi) is 5.16. The highest BCUT2D eigenvalue weighted by Crippen LogP contribution is 2.40. The van der Waals surface area contributed by atoms with Gasteiger partial charge in [-0.1, -0.05) is 49.9 Å². The predicted octanol–water partition coefficient (Wildman–Crippen LogP) is 6.96. The Hall–Kier alpha value is -3.72. The van der Waals surface area contributed by atoms with Gasteiger partial charge in [-0.15, -0.1) is 0 Å². The molecule has 1 aliphatic rings. The first-order chi connectivity index (χ1) is 15.9. The van der Waals surface area contributed by atoms with E-state index in [1.807, 2.05) is 0 Å². The number of nitrogens with zero attached hydrogens (tertiary/aromatic N) is 3. The molecular weight excluding hydrogens is 414 g/mol. The Labute approximate surface area is 202 Å². The first kappa shape index (κ1) is 22.1. The van der Waals surface area contributed by atoms with Crippen molar-refractivity contribution in [2.24, 2.45) is 7.05 Å². The zero-order chi connectivity index (χ0) is 22.9. The lowest BCUT2D eigenvalue weighted by Gasteiger charge is -2.11. The minimum Gasteiger partial charge on any atom is -0.257 e. The average Bonchev–Trinajstić information content (AvgIpc) is 3.27. The third-order valence-corrected chi connectivity index (χ3v) is 7.14. The van der Waals surface area contributed by atoms with Crippen LogP contribution in [0.15, 0.2) is 66.7 Å². The predicted molar refractivity (Wildman–Crippen MR) is 142 cm³/mol. The highest BCUT2D eigenvalue weighted by atomic mass is 15.2. The summed E-state index contributed by atoms with van der Waals surface area (Å²) in [5.41, 5.74) is 15.1. The van der Waals surface area contributed by atoms with E-state index in [9.17, 15) is 0 Å². The molecule has 0 unspecified atom stereocenters. The maximum absolute atomic E-state index is 4.84. The van der Waals surface area contributed by atoms with E-state index >= 15 is 0 Å². The molecule has 3 nitrogen and oxygen atoms in total. The smallest absolute Gasteiger partial charge is 0.257 e. The van der Waals surface area contributed by atoms with Crippen molar-refractivity contribution >= 4 is 11.0 Å². The van der Waals surface area contributed by atoms with Crippen LogP contribution in [0.2, 0.25) is 0 Å². The van der Waals surface area contributed by atoms with Gasteiger partial charge in [0.15, 0.2) is 11.0 Å². The van der Waals surface area contributed by atoms with Gasteiger partial charge in [0.05, 0.1) is 18.3 Å². The first-order valence-electron chi connectivity index (χ1n) is 11.6. The zero-order valence-electron chi connectivity index (χ0n) is 19.9. The zero-order valence-corrected chi connectivity index (χ0v) is 19.9. The minimum atomic E-state index is 0. The lowest BCUT2D eigenvalue weighted by molar-refractivity contribution is -0.633. The fraction of sp³-hybridized carbons (Fsp3) is 0.226. The molecular formula is C31H32N3+. The van der Waals surface area contributed by atoms with Gasteiger partial charge >= 0.3 is 0 Å². The SMILES string of the molecule is C.Cc1ccc2c(n1)Cc1cc3c(cc1-2)[n+](C)c(-c1ccccc1C)n3-c1c(C)cccc1C. The summed E-state index contributed by atoms with van der Waals surface area (Å²) in [4.78, 5) is 4.84. The van der Waals surface area contributed by atoms with Crippen LogP contribution in [-0.4, -0.2) is 9.55 Å².